The van der Waals surface area contributed by atoms with Crippen LogP contribution in [-0.2, 0) is 11.2 Å². The molecule has 0 aromatic heterocycles. The fourth-order valence-electron chi connectivity index (χ4n) is 3.24. The largest absolute Gasteiger partial charge is 0.375 e. The van der Waals surface area contributed by atoms with Gasteiger partial charge in [0.2, 0.25) is 0 Å². The Balaban J connectivity index is 2.19. The monoisotopic (exact) mass is 300 g/mol. The van der Waals surface area contributed by atoms with E-state index in [1.165, 1.54) is 6.07 Å². The first kappa shape index (κ1) is 15.7. The Bertz CT molecular complexity index is 471. The fourth-order valence-corrected chi connectivity index (χ4v) is 3.44. The lowest BCUT2D eigenvalue weighted by Gasteiger charge is -2.28. The van der Waals surface area contributed by atoms with E-state index >= 15 is 0 Å². The Morgan fingerprint density at radius 2 is 2.05 bits per heavy atom. The maximum absolute atomic E-state index is 13.5. The van der Waals surface area contributed by atoms with Crippen molar-refractivity contribution in [3.05, 3.63) is 34.6 Å². The predicted molar refractivity (Wildman–Crippen MR) is 78.9 cm³/mol. The predicted octanol–water partition coefficient (Wildman–Crippen LogP) is 2.91. The Labute approximate surface area is 124 Å². The van der Waals surface area contributed by atoms with E-state index in [1.807, 2.05) is 6.07 Å². The highest BCUT2D eigenvalue weighted by Gasteiger charge is 2.41. The third-order valence-corrected chi connectivity index (χ3v) is 4.89. The summed E-state index contributed by atoms with van der Waals surface area (Å²) in [5.74, 6) is 5.98. The van der Waals surface area contributed by atoms with E-state index in [4.69, 9.17) is 22.2 Å². The molecule has 1 heterocycles. The summed E-state index contributed by atoms with van der Waals surface area (Å²) in [5, 5.41) is 0.181. The van der Waals surface area contributed by atoms with Crippen molar-refractivity contribution in [1.82, 2.24) is 5.43 Å². The number of benzene rings is 1. The van der Waals surface area contributed by atoms with E-state index in [-0.39, 0.29) is 29.2 Å². The quantitative estimate of drug-likeness (QED) is 0.664. The highest BCUT2D eigenvalue weighted by Crippen LogP contribution is 2.36. The first-order chi connectivity index (χ1) is 9.45. The summed E-state index contributed by atoms with van der Waals surface area (Å²) >= 11 is 6.03. The highest BCUT2D eigenvalue weighted by atomic mass is 35.5. The first-order valence-electron chi connectivity index (χ1n) is 7.00. The van der Waals surface area contributed by atoms with E-state index in [2.05, 4.69) is 26.2 Å². The number of nitrogens with one attached hydrogen (secondary N) is 1. The molecule has 1 saturated heterocycles. The molecule has 0 bridgehead atoms. The number of halogens is 2. The van der Waals surface area contributed by atoms with Crippen LogP contribution in [0.3, 0.4) is 0 Å². The van der Waals surface area contributed by atoms with Crippen molar-refractivity contribution >= 4 is 11.6 Å². The molecule has 1 aliphatic rings. The number of ether oxygens (including phenoxy) is 1. The zero-order valence-corrected chi connectivity index (χ0v) is 12.8. The molecule has 20 heavy (non-hydrogen) atoms. The molecule has 3 nitrogen and oxygen atoms in total. The molecular weight excluding hydrogens is 279 g/mol. The molecule has 5 heteroatoms. The minimum atomic E-state index is -0.392. The van der Waals surface area contributed by atoms with Gasteiger partial charge in [0.25, 0.3) is 0 Å². The summed E-state index contributed by atoms with van der Waals surface area (Å²) in [6.45, 7) is 6.29. The van der Waals surface area contributed by atoms with Crippen molar-refractivity contribution in [2.24, 2.45) is 17.7 Å². The van der Waals surface area contributed by atoms with Crippen LogP contribution >= 0.6 is 11.6 Å². The van der Waals surface area contributed by atoms with E-state index in [1.54, 1.807) is 6.07 Å². The van der Waals surface area contributed by atoms with Gasteiger partial charge in [-0.1, -0.05) is 30.7 Å². The number of hydrogen-bond acceptors (Lipinski definition) is 3. The van der Waals surface area contributed by atoms with Gasteiger partial charge >= 0.3 is 0 Å². The summed E-state index contributed by atoms with van der Waals surface area (Å²) in [5.41, 5.74) is 3.63. The SMILES string of the molecule is CC1OC(C)C(C(Cc2cccc(F)c2Cl)NN)C1C. The molecule has 5 unspecified atom stereocenters. The van der Waals surface area contributed by atoms with E-state index < -0.39 is 5.82 Å². The Morgan fingerprint density at radius 3 is 2.60 bits per heavy atom. The zero-order valence-electron chi connectivity index (χ0n) is 12.1. The van der Waals surface area contributed by atoms with Gasteiger partial charge in [0, 0.05) is 12.0 Å². The van der Waals surface area contributed by atoms with Crippen LogP contribution in [0, 0.1) is 17.7 Å². The molecule has 0 radical (unpaired) electrons. The minimum Gasteiger partial charge on any atom is -0.375 e. The molecule has 1 aromatic rings. The van der Waals surface area contributed by atoms with Gasteiger partial charge in [0.15, 0.2) is 0 Å². The fraction of sp³-hybridized carbons (Fsp3) is 0.600. The van der Waals surface area contributed by atoms with Gasteiger partial charge in [-0.3, -0.25) is 11.3 Å². The summed E-state index contributed by atoms with van der Waals surface area (Å²) in [6.07, 6.45) is 0.907. The summed E-state index contributed by atoms with van der Waals surface area (Å²) in [7, 11) is 0. The molecule has 0 spiro atoms. The van der Waals surface area contributed by atoms with E-state index in [9.17, 15) is 4.39 Å². The third-order valence-electron chi connectivity index (χ3n) is 4.47. The van der Waals surface area contributed by atoms with Gasteiger partial charge < -0.3 is 4.74 Å². The molecule has 1 aromatic carbocycles. The molecule has 3 N–H and O–H groups in total. The van der Waals surface area contributed by atoms with Gasteiger partial charge in [-0.2, -0.15) is 0 Å². The smallest absolute Gasteiger partial charge is 0.142 e. The normalized spacial score (nSPS) is 31.5. The number of nitrogens with two attached hydrogens (primary N) is 1. The van der Waals surface area contributed by atoms with Crippen molar-refractivity contribution in [2.45, 2.75) is 45.4 Å². The Hall–Kier alpha value is -0.680. The second-order valence-electron chi connectivity index (χ2n) is 5.67. The Morgan fingerprint density at radius 1 is 1.35 bits per heavy atom. The first-order valence-corrected chi connectivity index (χ1v) is 7.38. The average molecular weight is 301 g/mol. The molecule has 2 rings (SSSR count). The molecular formula is C15H22ClFN2O. The molecule has 0 amide bonds. The van der Waals surface area contributed by atoms with Crippen molar-refractivity contribution in [3.63, 3.8) is 0 Å². The topological polar surface area (TPSA) is 47.3 Å². The second kappa shape index (κ2) is 6.39. The van der Waals surface area contributed by atoms with Gasteiger partial charge in [-0.15, -0.1) is 0 Å². The number of hydrogen-bond donors (Lipinski definition) is 2. The van der Waals surface area contributed by atoms with Crippen molar-refractivity contribution in [2.75, 3.05) is 0 Å². The number of rotatable bonds is 4. The summed E-state index contributed by atoms with van der Waals surface area (Å²) in [4.78, 5) is 0. The summed E-state index contributed by atoms with van der Waals surface area (Å²) < 4.78 is 19.4. The highest BCUT2D eigenvalue weighted by molar-refractivity contribution is 6.31. The van der Waals surface area contributed by atoms with Gasteiger partial charge in [0.1, 0.15) is 5.82 Å². The van der Waals surface area contributed by atoms with Crippen LogP contribution in [0.25, 0.3) is 0 Å². The van der Waals surface area contributed by atoms with Crippen LogP contribution in [0.5, 0.6) is 0 Å². The molecule has 0 aliphatic carbocycles. The minimum absolute atomic E-state index is 0.00394. The Kier molecular flexibility index (Phi) is 5.02. The standard InChI is InChI=1S/C15H22ClFN2O/c1-8-9(2)20-10(3)14(8)13(19-18)7-11-5-4-6-12(17)15(11)16/h4-6,8-10,13-14,19H,7,18H2,1-3H3. The number of hydrazine groups is 1. The molecule has 5 atom stereocenters. The van der Waals surface area contributed by atoms with Gasteiger partial charge in [-0.25, -0.2) is 4.39 Å². The van der Waals surface area contributed by atoms with Crippen LogP contribution in [0.1, 0.15) is 26.3 Å². The van der Waals surface area contributed by atoms with E-state index in [0.717, 1.165) is 5.56 Å². The third kappa shape index (κ3) is 2.98. The lowest BCUT2D eigenvalue weighted by atomic mass is 9.81. The van der Waals surface area contributed by atoms with Crippen LogP contribution in [0.15, 0.2) is 18.2 Å². The average Bonchev–Trinajstić information content (AvgIpc) is 2.66. The molecule has 1 aliphatic heterocycles. The van der Waals surface area contributed by atoms with Gasteiger partial charge in [-0.05, 0) is 37.8 Å². The lowest BCUT2D eigenvalue weighted by molar-refractivity contribution is 0.0476. The van der Waals surface area contributed by atoms with Crippen LogP contribution in [0.4, 0.5) is 4.39 Å². The molecule has 0 saturated carbocycles. The maximum atomic E-state index is 13.5. The van der Waals surface area contributed by atoms with Crippen LogP contribution < -0.4 is 11.3 Å². The lowest BCUT2D eigenvalue weighted by Crippen LogP contribution is -2.46. The van der Waals surface area contributed by atoms with Crippen LogP contribution in [0.2, 0.25) is 5.02 Å². The van der Waals surface area contributed by atoms with E-state index in [0.29, 0.717) is 12.3 Å². The van der Waals surface area contributed by atoms with Crippen molar-refractivity contribution in [1.29, 1.82) is 0 Å². The maximum Gasteiger partial charge on any atom is 0.142 e. The second-order valence-corrected chi connectivity index (χ2v) is 6.05. The van der Waals surface area contributed by atoms with Gasteiger partial charge in [0.05, 0.1) is 17.2 Å². The van der Waals surface area contributed by atoms with Crippen LogP contribution in [-0.4, -0.2) is 18.2 Å². The van der Waals surface area contributed by atoms with Crippen molar-refractivity contribution in [3.8, 4) is 0 Å². The summed E-state index contributed by atoms with van der Waals surface area (Å²) in [6, 6.07) is 4.88. The molecule has 112 valence electrons. The zero-order chi connectivity index (χ0) is 14.9. The van der Waals surface area contributed by atoms with Crippen molar-refractivity contribution < 1.29 is 9.13 Å². The molecule has 1 fully saturated rings.